The summed E-state index contributed by atoms with van der Waals surface area (Å²) in [6, 6.07) is 8.15. The Bertz CT molecular complexity index is 954. The molecule has 7 nitrogen and oxygen atoms in total. The summed E-state index contributed by atoms with van der Waals surface area (Å²) in [4.78, 5) is 16.0. The second-order valence-electron chi connectivity index (χ2n) is 5.14. The molecule has 0 saturated carbocycles. The number of carbonyl (C=O) groups excluding carboxylic acids is 1. The van der Waals surface area contributed by atoms with E-state index in [1.165, 1.54) is 18.4 Å². The summed E-state index contributed by atoms with van der Waals surface area (Å²) < 4.78 is 37.9. The Morgan fingerprint density at radius 1 is 1.25 bits per heavy atom. The summed E-state index contributed by atoms with van der Waals surface area (Å²) >= 11 is 0. The van der Waals surface area contributed by atoms with Gasteiger partial charge in [-0.3, -0.25) is 0 Å². The fourth-order valence-electron chi connectivity index (χ4n) is 2.08. The maximum Gasteiger partial charge on any atom is 0.363 e. The van der Waals surface area contributed by atoms with Gasteiger partial charge in [0.2, 0.25) is 0 Å². The Labute approximate surface area is 138 Å². The summed E-state index contributed by atoms with van der Waals surface area (Å²) in [5.74, 6) is -0.184. The number of aryl methyl sites for hydroxylation is 1. The summed E-state index contributed by atoms with van der Waals surface area (Å²) in [6.45, 7) is 1.83. The quantitative estimate of drug-likeness (QED) is 0.478. The van der Waals surface area contributed by atoms with Crippen molar-refractivity contribution in [3.8, 4) is 5.75 Å². The van der Waals surface area contributed by atoms with Gasteiger partial charge in [-0.2, -0.15) is 8.42 Å². The maximum absolute atomic E-state index is 12.0. The number of hydrogen-bond acceptors (Lipinski definition) is 7. The molecule has 0 atom stereocenters. The lowest BCUT2D eigenvalue weighted by Crippen LogP contribution is -2.07. The predicted molar refractivity (Wildman–Crippen MR) is 86.0 cm³/mol. The number of hydrogen-bond donors (Lipinski definition) is 0. The second-order valence-corrected chi connectivity index (χ2v) is 6.72. The average molecular weight is 347 g/mol. The van der Waals surface area contributed by atoms with E-state index in [0.29, 0.717) is 11.3 Å². The van der Waals surface area contributed by atoms with Gasteiger partial charge in [-0.05, 0) is 37.3 Å². The zero-order valence-corrected chi connectivity index (χ0v) is 13.7. The molecule has 0 radical (unpaired) electrons. The summed E-state index contributed by atoms with van der Waals surface area (Å²) in [5, 5.41) is 0. The van der Waals surface area contributed by atoms with Crippen molar-refractivity contribution in [2.45, 2.75) is 6.92 Å². The summed E-state index contributed by atoms with van der Waals surface area (Å²) in [7, 11) is -3.70. The van der Waals surface area contributed by atoms with Crippen LogP contribution < -0.4 is 4.18 Å². The zero-order valence-electron chi connectivity index (χ0n) is 12.8. The molecule has 0 N–H and O–H groups in total. The molecular weight excluding hydrogens is 334 g/mol. The normalized spacial score (nSPS) is 16.2. The lowest BCUT2D eigenvalue weighted by atomic mass is 10.1. The van der Waals surface area contributed by atoms with Crippen LogP contribution in [0.15, 0.2) is 51.7 Å². The highest BCUT2D eigenvalue weighted by Gasteiger charge is 2.26. The number of esters is 1. The van der Waals surface area contributed by atoms with Crippen LogP contribution in [0.25, 0.3) is 6.08 Å². The lowest BCUT2D eigenvalue weighted by Gasteiger charge is -2.07. The van der Waals surface area contributed by atoms with Crippen molar-refractivity contribution in [1.29, 1.82) is 0 Å². The fraction of sp³-hybridized carbons (Fsp3) is 0.125. The van der Waals surface area contributed by atoms with Gasteiger partial charge in [-0.25, -0.2) is 9.79 Å². The van der Waals surface area contributed by atoms with Crippen LogP contribution in [0, 0.1) is 6.92 Å². The van der Waals surface area contributed by atoms with Gasteiger partial charge in [0, 0.05) is 5.56 Å². The Hall–Kier alpha value is -2.87. The molecule has 8 heteroatoms. The molecule has 1 aromatic carbocycles. The minimum Gasteiger partial charge on any atom is -0.459 e. The van der Waals surface area contributed by atoms with Crippen LogP contribution in [-0.2, 0) is 19.6 Å². The van der Waals surface area contributed by atoms with Gasteiger partial charge in [0.1, 0.15) is 5.75 Å². The van der Waals surface area contributed by atoms with Crippen LogP contribution in [0.1, 0.15) is 16.9 Å². The molecule has 124 valence electrons. The molecule has 0 aliphatic carbocycles. The first-order valence-electron chi connectivity index (χ1n) is 6.88. The number of benzene rings is 1. The van der Waals surface area contributed by atoms with E-state index in [-0.39, 0.29) is 17.3 Å². The van der Waals surface area contributed by atoms with Crippen molar-refractivity contribution in [3.05, 3.63) is 59.2 Å². The molecule has 0 fully saturated rings. The second kappa shape index (κ2) is 5.97. The minimum atomic E-state index is -3.70. The van der Waals surface area contributed by atoms with Gasteiger partial charge in [0.25, 0.3) is 5.90 Å². The fourth-order valence-corrected chi connectivity index (χ4v) is 2.56. The first kappa shape index (κ1) is 16.0. The van der Waals surface area contributed by atoms with Gasteiger partial charge in [-0.1, -0.05) is 11.6 Å². The van der Waals surface area contributed by atoms with Crippen LogP contribution in [0.5, 0.6) is 5.75 Å². The summed E-state index contributed by atoms with van der Waals surface area (Å²) in [5.41, 5.74) is 1.28. The molecule has 1 aliphatic heterocycles. The monoisotopic (exact) mass is 347 g/mol. The highest BCUT2D eigenvalue weighted by Crippen LogP contribution is 2.26. The van der Waals surface area contributed by atoms with E-state index >= 15 is 0 Å². The van der Waals surface area contributed by atoms with Gasteiger partial charge >= 0.3 is 16.1 Å². The molecule has 24 heavy (non-hydrogen) atoms. The average Bonchev–Trinajstić information content (AvgIpc) is 3.11. The van der Waals surface area contributed by atoms with E-state index in [0.717, 1.165) is 11.8 Å². The van der Waals surface area contributed by atoms with Crippen molar-refractivity contribution >= 4 is 28.1 Å². The minimum absolute atomic E-state index is 0.0188. The van der Waals surface area contributed by atoms with E-state index in [1.54, 1.807) is 24.3 Å². The third-order valence-electron chi connectivity index (χ3n) is 3.05. The number of ether oxygens (including phenoxy) is 1. The van der Waals surface area contributed by atoms with Crippen LogP contribution in [0.4, 0.5) is 0 Å². The number of nitrogens with zero attached hydrogens (tertiary/aromatic N) is 1. The molecule has 0 unspecified atom stereocenters. The Morgan fingerprint density at radius 3 is 2.71 bits per heavy atom. The van der Waals surface area contributed by atoms with Crippen molar-refractivity contribution < 1.29 is 26.5 Å². The molecular formula is C16H13NO6S. The molecule has 0 spiro atoms. The molecule has 0 amide bonds. The number of rotatable bonds is 4. The Morgan fingerprint density at radius 2 is 2.04 bits per heavy atom. The molecule has 0 saturated heterocycles. The number of furan rings is 1. The van der Waals surface area contributed by atoms with Crippen molar-refractivity contribution in [1.82, 2.24) is 0 Å². The zero-order chi connectivity index (χ0) is 17.3. The molecule has 2 heterocycles. The Kier molecular flexibility index (Phi) is 3.98. The first-order chi connectivity index (χ1) is 11.3. The van der Waals surface area contributed by atoms with Crippen molar-refractivity contribution in [3.63, 3.8) is 0 Å². The standard InChI is InChI=1S/C16H13NO6S/c1-10-5-6-13(23-24(2,19)20)11(8-10)9-12-16(18)22-15(17-12)14-4-3-7-21-14/h3-9H,1-2H3/b12-9+. The molecule has 2 aromatic rings. The number of aliphatic imine (C=N–C) groups is 1. The Balaban J connectivity index is 2.02. The number of carbonyl (C=O) groups is 1. The number of cyclic esters (lactones) is 1. The van der Waals surface area contributed by atoms with E-state index in [4.69, 9.17) is 13.3 Å². The molecule has 1 aromatic heterocycles. The highest BCUT2D eigenvalue weighted by molar-refractivity contribution is 7.86. The van der Waals surface area contributed by atoms with Crippen molar-refractivity contribution in [2.24, 2.45) is 4.99 Å². The largest absolute Gasteiger partial charge is 0.459 e. The predicted octanol–water partition coefficient (Wildman–Crippen LogP) is 2.27. The molecule has 1 aliphatic rings. The topological polar surface area (TPSA) is 95.2 Å². The first-order valence-corrected chi connectivity index (χ1v) is 8.70. The van der Waals surface area contributed by atoms with E-state index in [2.05, 4.69) is 4.99 Å². The van der Waals surface area contributed by atoms with E-state index in [1.807, 2.05) is 6.92 Å². The third-order valence-corrected chi connectivity index (χ3v) is 3.53. The van der Waals surface area contributed by atoms with Crippen LogP contribution >= 0.6 is 0 Å². The van der Waals surface area contributed by atoms with Crippen LogP contribution in [0.3, 0.4) is 0 Å². The molecule has 0 bridgehead atoms. The van der Waals surface area contributed by atoms with Gasteiger partial charge in [0.05, 0.1) is 12.5 Å². The third kappa shape index (κ3) is 3.54. The van der Waals surface area contributed by atoms with E-state index in [9.17, 15) is 13.2 Å². The van der Waals surface area contributed by atoms with Crippen molar-refractivity contribution in [2.75, 3.05) is 6.26 Å². The van der Waals surface area contributed by atoms with Crippen LogP contribution in [-0.4, -0.2) is 26.5 Å². The van der Waals surface area contributed by atoms with E-state index < -0.39 is 16.1 Å². The lowest BCUT2D eigenvalue weighted by molar-refractivity contribution is -0.130. The smallest absolute Gasteiger partial charge is 0.363 e. The highest BCUT2D eigenvalue weighted by atomic mass is 32.2. The SMILES string of the molecule is Cc1ccc(OS(C)(=O)=O)c(/C=C2/N=C(c3ccco3)OC2=O)c1. The van der Waals surface area contributed by atoms with Gasteiger partial charge in [-0.15, -0.1) is 0 Å². The molecule has 3 rings (SSSR count). The van der Waals surface area contributed by atoms with Gasteiger partial charge in [0.15, 0.2) is 11.5 Å². The van der Waals surface area contributed by atoms with Gasteiger partial charge < -0.3 is 13.3 Å². The maximum atomic E-state index is 12.0. The van der Waals surface area contributed by atoms with Crippen LogP contribution in [0.2, 0.25) is 0 Å². The summed E-state index contributed by atoms with van der Waals surface area (Å²) in [6.07, 6.45) is 3.79.